The first-order chi connectivity index (χ1) is 10.5. The van der Waals surface area contributed by atoms with E-state index in [4.69, 9.17) is 5.11 Å². The molecule has 3 rings (SSSR count). The molecule has 0 unspecified atom stereocenters. The van der Waals surface area contributed by atoms with Gasteiger partial charge in [-0.05, 0) is 12.8 Å². The SMILES string of the molecule is CC(=O)N1CCC(c2cncc(N3CC(C(=O)O)C3)n2)CC1. The summed E-state index contributed by atoms with van der Waals surface area (Å²) in [7, 11) is 0. The van der Waals surface area contributed by atoms with E-state index in [-0.39, 0.29) is 11.8 Å². The summed E-state index contributed by atoms with van der Waals surface area (Å²) in [6.45, 7) is 4.11. The van der Waals surface area contributed by atoms with Crippen molar-refractivity contribution in [3.63, 3.8) is 0 Å². The van der Waals surface area contributed by atoms with Gasteiger partial charge in [-0.15, -0.1) is 0 Å². The van der Waals surface area contributed by atoms with Crippen molar-refractivity contribution in [1.29, 1.82) is 0 Å². The molecule has 2 fully saturated rings. The van der Waals surface area contributed by atoms with Gasteiger partial charge in [0.25, 0.3) is 0 Å². The summed E-state index contributed by atoms with van der Waals surface area (Å²) >= 11 is 0. The maximum Gasteiger partial charge on any atom is 0.310 e. The molecule has 0 saturated carbocycles. The molecular formula is C15H20N4O3. The molecule has 7 heteroatoms. The van der Waals surface area contributed by atoms with Gasteiger partial charge in [0, 0.05) is 45.2 Å². The largest absolute Gasteiger partial charge is 0.481 e. The zero-order valence-corrected chi connectivity index (χ0v) is 12.6. The van der Waals surface area contributed by atoms with Crippen molar-refractivity contribution >= 4 is 17.7 Å². The van der Waals surface area contributed by atoms with Crippen LogP contribution < -0.4 is 4.90 Å². The van der Waals surface area contributed by atoms with Crippen LogP contribution in [0.4, 0.5) is 5.82 Å². The van der Waals surface area contributed by atoms with E-state index in [9.17, 15) is 9.59 Å². The number of carboxylic acid groups (broad SMARTS) is 1. The van der Waals surface area contributed by atoms with Crippen molar-refractivity contribution < 1.29 is 14.7 Å². The molecule has 118 valence electrons. The lowest BCUT2D eigenvalue weighted by atomic mass is 9.93. The highest BCUT2D eigenvalue weighted by Crippen LogP contribution is 2.29. The quantitative estimate of drug-likeness (QED) is 0.885. The summed E-state index contributed by atoms with van der Waals surface area (Å²) in [6.07, 6.45) is 5.27. The minimum atomic E-state index is -0.753. The van der Waals surface area contributed by atoms with Gasteiger partial charge in [-0.2, -0.15) is 0 Å². The second kappa shape index (κ2) is 5.90. The molecule has 1 N–H and O–H groups in total. The van der Waals surface area contributed by atoms with E-state index in [1.807, 2.05) is 9.80 Å². The number of carbonyl (C=O) groups excluding carboxylic acids is 1. The van der Waals surface area contributed by atoms with Crippen molar-refractivity contribution in [3.8, 4) is 0 Å². The molecule has 1 amide bonds. The Kier molecular flexibility index (Phi) is 3.96. The lowest BCUT2D eigenvalue weighted by molar-refractivity contribution is -0.142. The topological polar surface area (TPSA) is 86.6 Å². The van der Waals surface area contributed by atoms with Crippen LogP contribution in [0, 0.1) is 5.92 Å². The Labute approximate surface area is 129 Å². The molecule has 0 bridgehead atoms. The lowest BCUT2D eigenvalue weighted by Gasteiger charge is -2.38. The number of carboxylic acids is 1. The average Bonchev–Trinajstić information content (AvgIpc) is 2.46. The van der Waals surface area contributed by atoms with Crippen LogP contribution in [-0.2, 0) is 9.59 Å². The van der Waals surface area contributed by atoms with Gasteiger partial charge in [-0.1, -0.05) is 0 Å². The lowest BCUT2D eigenvalue weighted by Crippen LogP contribution is -2.51. The van der Waals surface area contributed by atoms with Gasteiger partial charge in [0.1, 0.15) is 5.82 Å². The fourth-order valence-corrected chi connectivity index (χ4v) is 3.03. The number of hydrogen-bond acceptors (Lipinski definition) is 5. The maximum atomic E-state index is 11.4. The second-order valence-corrected chi connectivity index (χ2v) is 6.02. The monoisotopic (exact) mass is 304 g/mol. The van der Waals surface area contributed by atoms with Gasteiger partial charge >= 0.3 is 5.97 Å². The number of piperidine rings is 1. The first-order valence-electron chi connectivity index (χ1n) is 7.60. The van der Waals surface area contributed by atoms with E-state index in [1.54, 1.807) is 19.3 Å². The average molecular weight is 304 g/mol. The number of aromatic nitrogens is 2. The van der Waals surface area contributed by atoms with Crippen LogP contribution in [0.1, 0.15) is 31.4 Å². The third kappa shape index (κ3) is 2.88. The van der Waals surface area contributed by atoms with E-state index < -0.39 is 5.97 Å². The molecule has 1 aromatic heterocycles. The van der Waals surface area contributed by atoms with Crippen molar-refractivity contribution in [2.75, 3.05) is 31.1 Å². The molecule has 1 aromatic rings. The minimum Gasteiger partial charge on any atom is -0.481 e. The molecule has 0 aromatic carbocycles. The zero-order valence-electron chi connectivity index (χ0n) is 12.6. The predicted octanol–water partition coefficient (Wildman–Crippen LogP) is 0.723. The summed E-state index contributed by atoms with van der Waals surface area (Å²) in [5.41, 5.74) is 0.944. The summed E-state index contributed by atoms with van der Waals surface area (Å²) in [6, 6.07) is 0. The Hall–Kier alpha value is -2.18. The van der Waals surface area contributed by atoms with Crippen LogP contribution in [0.25, 0.3) is 0 Å². The highest BCUT2D eigenvalue weighted by molar-refractivity contribution is 5.74. The van der Waals surface area contributed by atoms with Crippen molar-refractivity contribution in [1.82, 2.24) is 14.9 Å². The van der Waals surface area contributed by atoms with Gasteiger partial charge < -0.3 is 14.9 Å². The van der Waals surface area contributed by atoms with Crippen LogP contribution in [-0.4, -0.2) is 58.0 Å². The van der Waals surface area contributed by atoms with Crippen LogP contribution >= 0.6 is 0 Å². The van der Waals surface area contributed by atoms with Crippen LogP contribution in [0.2, 0.25) is 0 Å². The molecule has 0 radical (unpaired) electrons. The molecule has 2 aliphatic rings. The normalized spacial score (nSPS) is 19.9. The van der Waals surface area contributed by atoms with Gasteiger partial charge in [0.2, 0.25) is 5.91 Å². The van der Waals surface area contributed by atoms with E-state index in [2.05, 4.69) is 9.97 Å². The smallest absolute Gasteiger partial charge is 0.310 e. The van der Waals surface area contributed by atoms with Crippen molar-refractivity contribution in [2.24, 2.45) is 5.92 Å². The number of rotatable bonds is 3. The summed E-state index contributed by atoms with van der Waals surface area (Å²) in [4.78, 5) is 34.9. The van der Waals surface area contributed by atoms with Crippen LogP contribution in [0.5, 0.6) is 0 Å². The van der Waals surface area contributed by atoms with Crippen molar-refractivity contribution in [2.45, 2.75) is 25.7 Å². The van der Waals surface area contributed by atoms with Gasteiger partial charge in [0.05, 0.1) is 17.8 Å². The predicted molar refractivity (Wildman–Crippen MR) is 79.6 cm³/mol. The number of anilines is 1. The Morgan fingerprint density at radius 3 is 2.50 bits per heavy atom. The fraction of sp³-hybridized carbons (Fsp3) is 0.600. The highest BCUT2D eigenvalue weighted by atomic mass is 16.4. The van der Waals surface area contributed by atoms with E-state index in [0.717, 1.165) is 37.4 Å². The minimum absolute atomic E-state index is 0.124. The zero-order chi connectivity index (χ0) is 15.7. The van der Waals surface area contributed by atoms with Gasteiger partial charge in [0.15, 0.2) is 0 Å². The Bertz CT molecular complexity index is 578. The van der Waals surface area contributed by atoms with E-state index in [0.29, 0.717) is 19.0 Å². The standard InChI is InChI=1S/C15H20N4O3/c1-10(20)18-4-2-11(3-5-18)13-6-16-7-14(17-13)19-8-12(9-19)15(21)22/h6-7,11-12H,2-5,8-9H2,1H3,(H,21,22). The summed E-state index contributed by atoms with van der Waals surface area (Å²) in [5.74, 6) is 0.142. The fourth-order valence-electron chi connectivity index (χ4n) is 3.03. The van der Waals surface area contributed by atoms with Crippen LogP contribution in [0.3, 0.4) is 0 Å². The number of hydrogen-bond donors (Lipinski definition) is 1. The summed E-state index contributed by atoms with van der Waals surface area (Å²) in [5, 5.41) is 8.93. The van der Waals surface area contributed by atoms with E-state index >= 15 is 0 Å². The molecule has 3 heterocycles. The van der Waals surface area contributed by atoms with Gasteiger partial charge in [-0.3, -0.25) is 14.6 Å². The molecule has 7 nitrogen and oxygen atoms in total. The Morgan fingerprint density at radius 2 is 1.91 bits per heavy atom. The third-order valence-electron chi connectivity index (χ3n) is 4.55. The third-order valence-corrected chi connectivity index (χ3v) is 4.55. The number of nitrogens with zero attached hydrogens (tertiary/aromatic N) is 4. The first kappa shape index (κ1) is 14.7. The molecular weight excluding hydrogens is 284 g/mol. The number of carbonyl (C=O) groups is 2. The summed E-state index contributed by atoms with van der Waals surface area (Å²) < 4.78 is 0. The first-order valence-corrected chi connectivity index (χ1v) is 7.60. The molecule has 22 heavy (non-hydrogen) atoms. The molecule has 0 atom stereocenters. The molecule has 0 spiro atoms. The maximum absolute atomic E-state index is 11.4. The van der Waals surface area contributed by atoms with Crippen molar-refractivity contribution in [3.05, 3.63) is 18.1 Å². The molecule has 2 saturated heterocycles. The van der Waals surface area contributed by atoms with E-state index in [1.165, 1.54) is 0 Å². The molecule has 0 aliphatic carbocycles. The molecule has 2 aliphatic heterocycles. The number of aliphatic carboxylic acids is 1. The second-order valence-electron chi connectivity index (χ2n) is 6.02. The highest BCUT2D eigenvalue weighted by Gasteiger charge is 2.34. The number of likely N-dealkylation sites (tertiary alicyclic amines) is 1. The van der Waals surface area contributed by atoms with Crippen LogP contribution in [0.15, 0.2) is 12.4 Å². The number of amides is 1. The Balaban J connectivity index is 1.63. The van der Waals surface area contributed by atoms with Gasteiger partial charge in [-0.25, -0.2) is 4.98 Å². The Morgan fingerprint density at radius 1 is 1.23 bits per heavy atom.